The highest BCUT2D eigenvalue weighted by atomic mass is 79.9. The lowest BCUT2D eigenvalue weighted by Crippen LogP contribution is -2.03. The number of unbranched alkanes of at least 4 members (excludes halogenated alkanes) is 8. The molecule has 0 aliphatic heterocycles. The van der Waals surface area contributed by atoms with Gasteiger partial charge in [-0.3, -0.25) is 4.79 Å². The summed E-state index contributed by atoms with van der Waals surface area (Å²) in [5.41, 5.74) is 0. The number of ether oxygens (including phenoxy) is 1. The zero-order valence-electron chi connectivity index (χ0n) is 13.0. The molecule has 0 aliphatic rings. The van der Waals surface area contributed by atoms with Crippen LogP contribution in [0.15, 0.2) is 12.2 Å². The fourth-order valence-corrected chi connectivity index (χ4v) is 2.38. The van der Waals surface area contributed by atoms with Crippen molar-refractivity contribution in [3.05, 3.63) is 12.2 Å². The van der Waals surface area contributed by atoms with Gasteiger partial charge in [0.25, 0.3) is 0 Å². The van der Waals surface area contributed by atoms with Crippen LogP contribution >= 0.6 is 15.9 Å². The molecule has 118 valence electrons. The van der Waals surface area contributed by atoms with Crippen LogP contribution in [0.25, 0.3) is 0 Å². The third-order valence-corrected chi connectivity index (χ3v) is 3.81. The minimum atomic E-state index is -0.0545. The van der Waals surface area contributed by atoms with Crippen molar-refractivity contribution in [3.8, 4) is 0 Å². The zero-order chi connectivity index (χ0) is 14.9. The topological polar surface area (TPSA) is 26.3 Å². The van der Waals surface area contributed by atoms with Gasteiger partial charge in [-0.2, -0.15) is 0 Å². The summed E-state index contributed by atoms with van der Waals surface area (Å²) in [6.07, 6.45) is 16.7. The second-order valence-electron chi connectivity index (χ2n) is 5.21. The Balaban J connectivity index is 3.25. The summed E-state index contributed by atoms with van der Waals surface area (Å²) in [6.45, 7) is 2.66. The van der Waals surface area contributed by atoms with Crippen LogP contribution in [0, 0.1) is 0 Å². The van der Waals surface area contributed by atoms with E-state index in [-0.39, 0.29) is 5.97 Å². The van der Waals surface area contributed by atoms with Gasteiger partial charge in [0.2, 0.25) is 0 Å². The average Bonchev–Trinajstić information content (AvgIpc) is 2.45. The monoisotopic (exact) mass is 346 g/mol. The van der Waals surface area contributed by atoms with Crippen molar-refractivity contribution in [3.63, 3.8) is 0 Å². The van der Waals surface area contributed by atoms with Crippen molar-refractivity contribution < 1.29 is 9.53 Å². The lowest BCUT2D eigenvalue weighted by Gasteiger charge is -2.02. The predicted octanol–water partition coefficient (Wildman–Crippen LogP) is 5.79. The first-order valence-corrected chi connectivity index (χ1v) is 9.30. The van der Waals surface area contributed by atoms with E-state index in [0.717, 1.165) is 24.6 Å². The Bertz CT molecular complexity index is 239. The Hall–Kier alpha value is -0.310. The summed E-state index contributed by atoms with van der Waals surface area (Å²) < 4.78 is 5.16. The van der Waals surface area contributed by atoms with E-state index in [1.807, 2.05) is 6.08 Å². The molecule has 0 radical (unpaired) electrons. The van der Waals surface area contributed by atoms with Crippen LogP contribution in [0.4, 0.5) is 0 Å². The highest BCUT2D eigenvalue weighted by molar-refractivity contribution is 9.09. The molecular formula is C17H31BrO2. The highest BCUT2D eigenvalue weighted by Gasteiger charge is 2.00. The summed E-state index contributed by atoms with van der Waals surface area (Å²) in [7, 11) is 0. The van der Waals surface area contributed by atoms with Gasteiger partial charge in [0, 0.05) is 11.8 Å². The summed E-state index contributed by atoms with van der Waals surface area (Å²) in [5.74, 6) is -0.0545. The zero-order valence-corrected chi connectivity index (χ0v) is 14.6. The Morgan fingerprint density at radius 2 is 1.65 bits per heavy atom. The first kappa shape index (κ1) is 19.7. The van der Waals surface area contributed by atoms with E-state index < -0.39 is 0 Å². The maximum absolute atomic E-state index is 11.4. The van der Waals surface area contributed by atoms with Crippen LogP contribution < -0.4 is 0 Å². The molecule has 2 nitrogen and oxygen atoms in total. The highest BCUT2D eigenvalue weighted by Crippen LogP contribution is 2.07. The van der Waals surface area contributed by atoms with Crippen molar-refractivity contribution in [1.29, 1.82) is 0 Å². The molecule has 0 rings (SSSR count). The number of carbonyl (C=O) groups excluding carboxylic acids is 1. The van der Waals surface area contributed by atoms with Gasteiger partial charge >= 0.3 is 5.97 Å². The Labute approximate surface area is 133 Å². The number of halogens is 1. The summed E-state index contributed by atoms with van der Waals surface area (Å²) in [6, 6.07) is 0. The summed E-state index contributed by atoms with van der Waals surface area (Å²) in [5, 5.41) is 1.08. The van der Waals surface area contributed by atoms with E-state index in [9.17, 15) is 4.79 Å². The van der Waals surface area contributed by atoms with E-state index >= 15 is 0 Å². The SMILES string of the molecule is CCCCCCC=CCOC(=O)CCCCCCCBr. The molecule has 0 saturated heterocycles. The van der Waals surface area contributed by atoms with Crippen LogP contribution in [0.3, 0.4) is 0 Å². The lowest BCUT2D eigenvalue weighted by atomic mass is 10.1. The number of hydrogen-bond donors (Lipinski definition) is 0. The molecule has 0 aromatic heterocycles. The molecule has 0 aliphatic carbocycles. The number of alkyl halides is 1. The Morgan fingerprint density at radius 3 is 2.40 bits per heavy atom. The van der Waals surface area contributed by atoms with Crippen LogP contribution in [0.5, 0.6) is 0 Å². The van der Waals surface area contributed by atoms with Crippen molar-refractivity contribution in [2.75, 3.05) is 11.9 Å². The van der Waals surface area contributed by atoms with Crippen LogP contribution in [0.2, 0.25) is 0 Å². The lowest BCUT2D eigenvalue weighted by molar-refractivity contribution is -0.142. The summed E-state index contributed by atoms with van der Waals surface area (Å²) in [4.78, 5) is 11.4. The molecule has 0 atom stereocenters. The van der Waals surface area contributed by atoms with Crippen molar-refractivity contribution in [2.24, 2.45) is 0 Å². The van der Waals surface area contributed by atoms with Gasteiger partial charge in [0.05, 0.1) is 0 Å². The van der Waals surface area contributed by atoms with E-state index in [1.165, 1.54) is 44.9 Å². The van der Waals surface area contributed by atoms with Crippen molar-refractivity contribution in [1.82, 2.24) is 0 Å². The predicted molar refractivity (Wildman–Crippen MR) is 90.4 cm³/mol. The van der Waals surface area contributed by atoms with E-state index in [1.54, 1.807) is 0 Å². The Morgan fingerprint density at radius 1 is 0.950 bits per heavy atom. The minimum absolute atomic E-state index is 0.0545. The first-order chi connectivity index (χ1) is 9.81. The normalized spacial score (nSPS) is 11.1. The Kier molecular flexibility index (Phi) is 16.5. The molecule has 0 aromatic carbocycles. The van der Waals surface area contributed by atoms with Gasteiger partial charge in [-0.05, 0) is 25.7 Å². The third-order valence-electron chi connectivity index (χ3n) is 3.25. The molecule has 3 heteroatoms. The second kappa shape index (κ2) is 16.7. The van der Waals surface area contributed by atoms with E-state index in [0.29, 0.717) is 13.0 Å². The quantitative estimate of drug-likeness (QED) is 0.172. The van der Waals surface area contributed by atoms with Crippen LogP contribution in [-0.4, -0.2) is 17.9 Å². The number of allylic oxidation sites excluding steroid dienone is 1. The van der Waals surface area contributed by atoms with E-state index in [2.05, 4.69) is 28.9 Å². The minimum Gasteiger partial charge on any atom is -0.461 e. The number of rotatable bonds is 14. The summed E-state index contributed by atoms with van der Waals surface area (Å²) >= 11 is 3.42. The molecule has 0 amide bonds. The smallest absolute Gasteiger partial charge is 0.306 e. The van der Waals surface area contributed by atoms with Gasteiger partial charge in [0.15, 0.2) is 0 Å². The fraction of sp³-hybridized carbons (Fsp3) is 0.824. The number of esters is 1. The molecule has 0 N–H and O–H groups in total. The van der Waals surface area contributed by atoms with Gasteiger partial charge in [-0.25, -0.2) is 0 Å². The fourth-order valence-electron chi connectivity index (χ4n) is 1.98. The molecule has 0 spiro atoms. The van der Waals surface area contributed by atoms with Crippen LogP contribution in [-0.2, 0) is 9.53 Å². The average molecular weight is 347 g/mol. The maximum atomic E-state index is 11.4. The molecule has 0 bridgehead atoms. The second-order valence-corrected chi connectivity index (χ2v) is 6.00. The largest absolute Gasteiger partial charge is 0.461 e. The first-order valence-electron chi connectivity index (χ1n) is 8.17. The van der Waals surface area contributed by atoms with Gasteiger partial charge in [-0.15, -0.1) is 0 Å². The standard InChI is InChI=1S/C17H31BrO2/c1-2-3-4-5-6-10-13-16-20-17(19)14-11-8-7-9-12-15-18/h10,13H,2-9,11-12,14-16H2,1H3. The van der Waals surface area contributed by atoms with Crippen molar-refractivity contribution >= 4 is 21.9 Å². The van der Waals surface area contributed by atoms with Gasteiger partial charge in [-0.1, -0.05) is 73.5 Å². The molecule has 0 saturated carbocycles. The van der Waals surface area contributed by atoms with Crippen molar-refractivity contribution in [2.45, 2.75) is 77.6 Å². The van der Waals surface area contributed by atoms with Gasteiger partial charge in [0.1, 0.15) is 6.61 Å². The third kappa shape index (κ3) is 15.7. The van der Waals surface area contributed by atoms with E-state index in [4.69, 9.17) is 4.74 Å². The molecule has 20 heavy (non-hydrogen) atoms. The number of hydrogen-bond acceptors (Lipinski definition) is 2. The molecule has 0 fully saturated rings. The molecule has 0 unspecified atom stereocenters. The van der Waals surface area contributed by atoms with Gasteiger partial charge < -0.3 is 4.74 Å². The number of carbonyl (C=O) groups is 1. The maximum Gasteiger partial charge on any atom is 0.306 e. The molecule has 0 heterocycles. The van der Waals surface area contributed by atoms with Crippen LogP contribution in [0.1, 0.15) is 77.6 Å². The molecule has 0 aromatic rings. The molecular weight excluding hydrogens is 316 g/mol.